The van der Waals surface area contributed by atoms with E-state index in [-0.39, 0.29) is 11.7 Å². The number of hydrogen-bond donors (Lipinski definition) is 4. The summed E-state index contributed by atoms with van der Waals surface area (Å²) in [5, 5.41) is 13.7. The number of pyridine rings is 1. The predicted molar refractivity (Wildman–Crippen MR) is 149 cm³/mol. The second-order valence-corrected chi connectivity index (χ2v) is 9.24. The van der Waals surface area contributed by atoms with Crippen molar-refractivity contribution in [1.82, 2.24) is 15.6 Å². The van der Waals surface area contributed by atoms with Crippen LogP contribution in [-0.2, 0) is 6.42 Å². The molecule has 3 aromatic rings. The van der Waals surface area contributed by atoms with Crippen LogP contribution in [0.1, 0.15) is 54.5 Å². The van der Waals surface area contributed by atoms with Crippen LogP contribution < -0.4 is 21.3 Å². The number of carbonyl (C=O) groups excluding carboxylic acids is 1. The SMILES string of the molecule is CC.CCCCNCCNc1c(F)cc(CCNC(=O)c2sc3nc(C)ccc3c2NC)cc1Cl. The molecule has 2 heterocycles. The fraction of sp³-hybridized carbons (Fsp3) is 0.462. The number of carbonyl (C=O) groups is 1. The Morgan fingerprint density at radius 3 is 2.57 bits per heavy atom. The highest BCUT2D eigenvalue weighted by atomic mass is 35.5. The molecule has 9 heteroatoms. The maximum Gasteiger partial charge on any atom is 0.263 e. The first-order valence-corrected chi connectivity index (χ1v) is 13.4. The van der Waals surface area contributed by atoms with E-state index >= 15 is 0 Å². The molecule has 1 amide bonds. The summed E-state index contributed by atoms with van der Waals surface area (Å²) in [6, 6.07) is 7.11. The van der Waals surface area contributed by atoms with E-state index in [1.54, 1.807) is 13.1 Å². The molecular weight excluding hydrogens is 485 g/mol. The monoisotopic (exact) mass is 521 g/mol. The summed E-state index contributed by atoms with van der Waals surface area (Å²) in [5.41, 5.74) is 2.72. The number of anilines is 2. The Balaban J connectivity index is 0.00000210. The highest BCUT2D eigenvalue weighted by molar-refractivity contribution is 7.21. The number of rotatable bonds is 12. The lowest BCUT2D eigenvalue weighted by atomic mass is 10.1. The van der Waals surface area contributed by atoms with Gasteiger partial charge in [-0.25, -0.2) is 9.37 Å². The van der Waals surface area contributed by atoms with E-state index in [4.69, 9.17) is 11.6 Å². The molecule has 3 rings (SSSR count). The number of aryl methyl sites for hydroxylation is 1. The summed E-state index contributed by atoms with van der Waals surface area (Å²) in [6.07, 6.45) is 2.73. The van der Waals surface area contributed by atoms with Crippen molar-refractivity contribution in [3.63, 3.8) is 0 Å². The number of amides is 1. The Bertz CT molecular complexity index is 1080. The summed E-state index contributed by atoms with van der Waals surface area (Å²) in [6.45, 7) is 10.7. The third-order valence-electron chi connectivity index (χ3n) is 5.26. The Morgan fingerprint density at radius 1 is 1.11 bits per heavy atom. The van der Waals surface area contributed by atoms with Gasteiger partial charge in [-0.15, -0.1) is 11.3 Å². The molecule has 0 aliphatic heterocycles. The molecule has 0 unspecified atom stereocenters. The van der Waals surface area contributed by atoms with E-state index in [1.807, 2.05) is 32.9 Å². The molecule has 6 nitrogen and oxygen atoms in total. The van der Waals surface area contributed by atoms with Gasteiger partial charge in [-0.05, 0) is 56.1 Å². The third-order valence-corrected chi connectivity index (χ3v) is 6.66. The average Bonchev–Trinajstić information content (AvgIpc) is 3.21. The van der Waals surface area contributed by atoms with Crippen LogP contribution in [0.25, 0.3) is 10.2 Å². The van der Waals surface area contributed by atoms with E-state index < -0.39 is 0 Å². The second kappa shape index (κ2) is 14.9. The van der Waals surface area contributed by atoms with Crippen LogP contribution in [0.15, 0.2) is 24.3 Å². The number of fused-ring (bicyclic) bond motifs is 1. The van der Waals surface area contributed by atoms with Crippen molar-refractivity contribution in [1.29, 1.82) is 0 Å². The maximum absolute atomic E-state index is 14.6. The number of hydrogen-bond acceptors (Lipinski definition) is 6. The van der Waals surface area contributed by atoms with Gasteiger partial charge in [0.25, 0.3) is 5.91 Å². The van der Waals surface area contributed by atoms with Crippen LogP contribution in [0.5, 0.6) is 0 Å². The van der Waals surface area contributed by atoms with Gasteiger partial charge in [0.2, 0.25) is 0 Å². The fourth-order valence-electron chi connectivity index (χ4n) is 3.52. The van der Waals surface area contributed by atoms with Gasteiger partial charge in [-0.1, -0.05) is 38.8 Å². The molecule has 1 aromatic carbocycles. The first kappa shape index (κ1) is 28.8. The van der Waals surface area contributed by atoms with Gasteiger partial charge < -0.3 is 21.3 Å². The Hall–Kier alpha value is -2.42. The lowest BCUT2D eigenvalue weighted by Crippen LogP contribution is -2.25. The van der Waals surface area contributed by atoms with Crippen molar-refractivity contribution >= 4 is 50.4 Å². The predicted octanol–water partition coefficient (Wildman–Crippen LogP) is 6.24. The molecule has 0 bridgehead atoms. The number of benzene rings is 1. The molecular formula is C26H37ClFN5OS. The van der Waals surface area contributed by atoms with Crippen molar-refractivity contribution < 1.29 is 9.18 Å². The van der Waals surface area contributed by atoms with Crippen LogP contribution in [0.3, 0.4) is 0 Å². The van der Waals surface area contributed by atoms with Crippen LogP contribution in [-0.4, -0.2) is 44.1 Å². The number of thiophene rings is 1. The lowest BCUT2D eigenvalue weighted by molar-refractivity contribution is 0.0959. The minimum absolute atomic E-state index is 0.180. The van der Waals surface area contributed by atoms with Gasteiger partial charge in [0.05, 0.1) is 16.4 Å². The minimum atomic E-state index is -0.388. The van der Waals surface area contributed by atoms with Gasteiger partial charge in [-0.2, -0.15) is 0 Å². The van der Waals surface area contributed by atoms with Crippen molar-refractivity contribution in [2.75, 3.05) is 43.9 Å². The Labute approximate surface area is 217 Å². The zero-order valence-corrected chi connectivity index (χ0v) is 22.9. The highest BCUT2D eigenvalue weighted by Gasteiger charge is 2.18. The number of aromatic nitrogens is 1. The van der Waals surface area contributed by atoms with Crippen LogP contribution in [0.4, 0.5) is 15.8 Å². The average molecular weight is 522 g/mol. The third kappa shape index (κ3) is 8.05. The van der Waals surface area contributed by atoms with Gasteiger partial charge in [0.1, 0.15) is 15.5 Å². The molecule has 2 aromatic heterocycles. The quantitative estimate of drug-likeness (QED) is 0.212. The first-order valence-electron chi connectivity index (χ1n) is 12.2. The summed E-state index contributed by atoms with van der Waals surface area (Å²) in [4.78, 5) is 18.7. The Kier molecular flexibility index (Phi) is 12.2. The first-order chi connectivity index (χ1) is 16.9. The normalized spacial score (nSPS) is 10.6. The molecule has 35 heavy (non-hydrogen) atoms. The molecule has 192 valence electrons. The smallest absolute Gasteiger partial charge is 0.263 e. The standard InChI is InChI=1S/C24H31ClFN5OS.C2H6/c1-4-5-9-28-11-12-29-21-18(25)13-16(14-19(21)26)8-10-30-23(32)22-20(27-3)17-7-6-15(2)31-24(17)33-22;1-2/h6-7,13-14,27-29H,4-5,8-12H2,1-3H3,(H,30,32);1-2H3. The summed E-state index contributed by atoms with van der Waals surface area (Å²) >= 11 is 7.67. The summed E-state index contributed by atoms with van der Waals surface area (Å²) in [7, 11) is 1.79. The van der Waals surface area contributed by atoms with Crippen molar-refractivity contribution in [2.24, 2.45) is 0 Å². The van der Waals surface area contributed by atoms with Crippen LogP contribution in [0, 0.1) is 12.7 Å². The molecule has 0 saturated heterocycles. The molecule has 0 atom stereocenters. The largest absolute Gasteiger partial charge is 0.386 e. The minimum Gasteiger partial charge on any atom is -0.386 e. The van der Waals surface area contributed by atoms with Crippen LogP contribution in [0.2, 0.25) is 5.02 Å². The van der Waals surface area contributed by atoms with Crippen molar-refractivity contribution in [3.8, 4) is 0 Å². The number of nitrogens with one attached hydrogen (secondary N) is 4. The zero-order chi connectivity index (χ0) is 25.8. The van der Waals surface area contributed by atoms with E-state index in [0.717, 1.165) is 53.1 Å². The van der Waals surface area contributed by atoms with Gasteiger partial charge in [0, 0.05) is 37.8 Å². The van der Waals surface area contributed by atoms with Crippen LogP contribution >= 0.6 is 22.9 Å². The molecule has 0 aliphatic rings. The van der Waals surface area contributed by atoms with E-state index in [2.05, 4.69) is 33.2 Å². The van der Waals surface area contributed by atoms with Gasteiger partial charge in [-0.3, -0.25) is 4.79 Å². The molecule has 0 fully saturated rings. The van der Waals surface area contributed by atoms with E-state index in [9.17, 15) is 9.18 Å². The highest BCUT2D eigenvalue weighted by Crippen LogP contribution is 2.34. The summed E-state index contributed by atoms with van der Waals surface area (Å²) in [5.74, 6) is -0.568. The van der Waals surface area contributed by atoms with Crippen molar-refractivity contribution in [3.05, 3.63) is 51.2 Å². The van der Waals surface area contributed by atoms with E-state index in [1.165, 1.54) is 17.4 Å². The second-order valence-electron chi connectivity index (χ2n) is 7.83. The fourth-order valence-corrected chi connectivity index (χ4v) is 4.96. The number of nitrogens with zero attached hydrogens (tertiary/aromatic N) is 1. The zero-order valence-electron chi connectivity index (χ0n) is 21.3. The van der Waals surface area contributed by atoms with E-state index in [0.29, 0.717) is 35.1 Å². The Morgan fingerprint density at radius 2 is 1.89 bits per heavy atom. The molecule has 0 aliphatic carbocycles. The van der Waals surface area contributed by atoms with Gasteiger partial charge in [0.15, 0.2) is 0 Å². The molecule has 4 N–H and O–H groups in total. The lowest BCUT2D eigenvalue weighted by Gasteiger charge is -2.12. The molecule has 0 radical (unpaired) electrons. The summed E-state index contributed by atoms with van der Waals surface area (Å²) < 4.78 is 14.6. The maximum atomic E-state index is 14.6. The van der Waals surface area contributed by atoms with Crippen molar-refractivity contribution in [2.45, 2.75) is 47.0 Å². The molecule has 0 spiro atoms. The van der Waals surface area contributed by atoms with Gasteiger partial charge >= 0.3 is 0 Å². The number of unbranched alkanes of at least 4 members (excludes halogenated alkanes) is 1. The number of halogens is 2. The topological polar surface area (TPSA) is 78.1 Å². The molecule has 0 saturated carbocycles.